The SMILES string of the molecule is CC(C=CC(F)=C(C)c1cc(C(C)(C)C)cc(C(C)(C)C)c1OCC(F)(F)F)=CC(=O)O. The fourth-order valence-electron chi connectivity index (χ4n) is 2.91. The predicted molar refractivity (Wildman–Crippen MR) is 120 cm³/mol. The second kappa shape index (κ2) is 9.92. The summed E-state index contributed by atoms with van der Waals surface area (Å²) in [5, 5.41) is 8.79. The van der Waals surface area contributed by atoms with Crippen LogP contribution in [0.1, 0.15) is 72.1 Å². The van der Waals surface area contributed by atoms with E-state index >= 15 is 4.39 Å². The molecule has 0 aliphatic carbocycles. The summed E-state index contributed by atoms with van der Waals surface area (Å²) < 4.78 is 59.2. The van der Waals surface area contributed by atoms with Crippen LogP contribution in [-0.2, 0) is 15.6 Å². The number of halogens is 4. The fraction of sp³-hybridized carbons (Fsp3) is 0.480. The standard InChI is InChI=1S/C25H32F4O3/c1-15(11-21(30)31)9-10-20(26)16(2)18-12-17(23(3,4)5)13-19(24(6,7)8)22(18)32-14-25(27,28)29/h9-13H,14H2,1-8H3,(H,30,31). The zero-order valence-corrected chi connectivity index (χ0v) is 19.9. The first-order chi connectivity index (χ1) is 14.3. The number of benzene rings is 1. The molecular weight excluding hydrogens is 424 g/mol. The van der Waals surface area contributed by atoms with Gasteiger partial charge in [-0.25, -0.2) is 9.18 Å². The highest BCUT2D eigenvalue weighted by atomic mass is 19.4. The van der Waals surface area contributed by atoms with Crippen LogP contribution in [0.5, 0.6) is 5.75 Å². The maximum atomic E-state index is 15.0. The summed E-state index contributed by atoms with van der Waals surface area (Å²) in [4.78, 5) is 10.7. The first-order valence-electron chi connectivity index (χ1n) is 10.2. The number of hydrogen-bond donors (Lipinski definition) is 1. The zero-order chi connectivity index (χ0) is 25.1. The van der Waals surface area contributed by atoms with Gasteiger partial charge in [0.2, 0.25) is 0 Å². The molecule has 1 rings (SSSR count). The Balaban J connectivity index is 3.81. The van der Waals surface area contributed by atoms with E-state index < -0.39 is 30.0 Å². The number of allylic oxidation sites excluding steroid dienone is 5. The molecule has 0 amide bonds. The molecule has 0 aliphatic rings. The van der Waals surface area contributed by atoms with Crippen molar-refractivity contribution in [1.82, 2.24) is 0 Å². The lowest BCUT2D eigenvalue weighted by molar-refractivity contribution is -0.153. The summed E-state index contributed by atoms with van der Waals surface area (Å²) >= 11 is 0. The molecule has 0 aliphatic heterocycles. The third-order valence-corrected chi connectivity index (χ3v) is 4.75. The minimum Gasteiger partial charge on any atom is -0.483 e. The average Bonchev–Trinajstić information content (AvgIpc) is 2.60. The van der Waals surface area contributed by atoms with Crippen LogP contribution in [0.2, 0.25) is 0 Å². The first kappa shape index (κ1) is 27.5. The van der Waals surface area contributed by atoms with E-state index in [1.54, 1.807) is 6.07 Å². The van der Waals surface area contributed by atoms with Crippen molar-refractivity contribution in [3.63, 3.8) is 0 Å². The number of hydrogen-bond acceptors (Lipinski definition) is 2. The molecule has 1 aromatic rings. The molecule has 1 N–H and O–H groups in total. The van der Waals surface area contributed by atoms with E-state index in [9.17, 15) is 18.0 Å². The van der Waals surface area contributed by atoms with Crippen LogP contribution in [0, 0.1) is 0 Å². The molecule has 0 fully saturated rings. The highest BCUT2D eigenvalue weighted by molar-refractivity contribution is 5.81. The maximum Gasteiger partial charge on any atom is 0.422 e. The van der Waals surface area contributed by atoms with Gasteiger partial charge in [0.1, 0.15) is 11.6 Å². The van der Waals surface area contributed by atoms with Gasteiger partial charge < -0.3 is 9.84 Å². The number of carbonyl (C=O) groups is 1. The van der Waals surface area contributed by atoms with Crippen molar-refractivity contribution in [2.45, 2.75) is 72.4 Å². The van der Waals surface area contributed by atoms with Gasteiger partial charge in [0.05, 0.1) is 0 Å². The van der Waals surface area contributed by atoms with E-state index in [1.807, 2.05) is 47.6 Å². The molecule has 178 valence electrons. The Morgan fingerprint density at radius 2 is 1.56 bits per heavy atom. The van der Waals surface area contributed by atoms with Crippen molar-refractivity contribution in [2.24, 2.45) is 0 Å². The molecule has 3 nitrogen and oxygen atoms in total. The van der Waals surface area contributed by atoms with E-state index in [1.165, 1.54) is 19.9 Å². The Morgan fingerprint density at radius 3 is 2.00 bits per heavy atom. The average molecular weight is 457 g/mol. The van der Waals surface area contributed by atoms with E-state index in [2.05, 4.69) is 0 Å². The number of carboxylic acid groups (broad SMARTS) is 1. The van der Waals surface area contributed by atoms with Crippen molar-refractivity contribution in [3.8, 4) is 5.75 Å². The van der Waals surface area contributed by atoms with Gasteiger partial charge in [0.25, 0.3) is 0 Å². The van der Waals surface area contributed by atoms with Gasteiger partial charge in [-0.1, -0.05) is 53.7 Å². The summed E-state index contributed by atoms with van der Waals surface area (Å²) in [6.45, 7) is 12.9. The first-order valence-corrected chi connectivity index (χ1v) is 10.2. The lowest BCUT2D eigenvalue weighted by Gasteiger charge is -2.30. The molecule has 0 spiro atoms. The molecule has 7 heteroatoms. The number of alkyl halides is 3. The second-order valence-corrected chi connectivity index (χ2v) is 9.84. The number of carboxylic acids is 1. The molecule has 0 atom stereocenters. The van der Waals surface area contributed by atoms with Gasteiger partial charge in [-0.15, -0.1) is 0 Å². The fourth-order valence-corrected chi connectivity index (χ4v) is 2.91. The Bertz CT molecular complexity index is 938. The molecule has 0 unspecified atom stereocenters. The quantitative estimate of drug-likeness (QED) is 0.274. The van der Waals surface area contributed by atoms with Crippen LogP contribution >= 0.6 is 0 Å². The summed E-state index contributed by atoms with van der Waals surface area (Å²) in [5.41, 5.74) is 1.10. The Morgan fingerprint density at radius 1 is 1.00 bits per heavy atom. The van der Waals surface area contributed by atoms with Crippen LogP contribution in [-0.4, -0.2) is 23.9 Å². The summed E-state index contributed by atoms with van der Waals surface area (Å²) in [6.07, 6.45) is -1.24. The molecule has 32 heavy (non-hydrogen) atoms. The number of ether oxygens (including phenoxy) is 1. The highest BCUT2D eigenvalue weighted by Crippen LogP contribution is 2.42. The normalized spacial score (nSPS) is 14.6. The molecule has 1 aromatic carbocycles. The maximum absolute atomic E-state index is 15.0. The van der Waals surface area contributed by atoms with Gasteiger partial charge in [-0.05, 0) is 53.5 Å². The second-order valence-electron chi connectivity index (χ2n) is 9.84. The molecule has 0 saturated heterocycles. The summed E-state index contributed by atoms with van der Waals surface area (Å²) in [7, 11) is 0. The lowest BCUT2D eigenvalue weighted by Crippen LogP contribution is -2.23. The van der Waals surface area contributed by atoms with E-state index in [-0.39, 0.29) is 22.3 Å². The molecule has 0 radical (unpaired) electrons. The van der Waals surface area contributed by atoms with Crippen molar-refractivity contribution < 1.29 is 32.2 Å². The summed E-state index contributed by atoms with van der Waals surface area (Å²) in [6, 6.07) is 3.47. The molecular formula is C25H32F4O3. The van der Waals surface area contributed by atoms with Gasteiger partial charge in [0.15, 0.2) is 6.61 Å². The minimum atomic E-state index is -4.55. The van der Waals surface area contributed by atoms with Gasteiger partial charge in [-0.3, -0.25) is 0 Å². The predicted octanol–water partition coefficient (Wildman–Crippen LogP) is 7.51. The highest BCUT2D eigenvalue weighted by Gasteiger charge is 2.32. The number of rotatable bonds is 6. The van der Waals surface area contributed by atoms with Gasteiger partial charge in [-0.2, -0.15) is 13.2 Å². The Hall–Kier alpha value is -2.57. The van der Waals surface area contributed by atoms with E-state index in [0.29, 0.717) is 11.1 Å². The molecule has 0 saturated carbocycles. The van der Waals surface area contributed by atoms with Crippen LogP contribution in [0.4, 0.5) is 17.6 Å². The third-order valence-electron chi connectivity index (χ3n) is 4.75. The smallest absolute Gasteiger partial charge is 0.422 e. The zero-order valence-electron chi connectivity index (χ0n) is 19.9. The Labute approximate surface area is 187 Å². The largest absolute Gasteiger partial charge is 0.483 e. The Kier molecular flexibility index (Phi) is 8.52. The van der Waals surface area contributed by atoms with Crippen LogP contribution < -0.4 is 4.74 Å². The van der Waals surface area contributed by atoms with Gasteiger partial charge >= 0.3 is 12.1 Å². The van der Waals surface area contributed by atoms with Crippen molar-refractivity contribution in [1.29, 1.82) is 0 Å². The lowest BCUT2D eigenvalue weighted by atomic mass is 9.78. The van der Waals surface area contributed by atoms with Crippen molar-refractivity contribution in [3.05, 3.63) is 58.5 Å². The van der Waals surface area contributed by atoms with Crippen LogP contribution in [0.15, 0.2) is 41.8 Å². The molecule has 0 bridgehead atoms. The van der Waals surface area contributed by atoms with Crippen LogP contribution in [0.3, 0.4) is 0 Å². The molecule has 0 heterocycles. The minimum absolute atomic E-state index is 0.0123. The van der Waals surface area contributed by atoms with Crippen molar-refractivity contribution >= 4 is 11.5 Å². The molecule has 0 aromatic heterocycles. The third kappa shape index (κ3) is 8.17. The van der Waals surface area contributed by atoms with E-state index in [4.69, 9.17) is 9.84 Å². The van der Waals surface area contributed by atoms with Gasteiger partial charge in [0, 0.05) is 17.2 Å². The van der Waals surface area contributed by atoms with Crippen molar-refractivity contribution in [2.75, 3.05) is 6.61 Å². The topological polar surface area (TPSA) is 46.5 Å². The number of aliphatic carboxylic acids is 1. The van der Waals surface area contributed by atoms with Crippen LogP contribution in [0.25, 0.3) is 5.57 Å². The van der Waals surface area contributed by atoms with E-state index in [0.717, 1.165) is 17.7 Å². The monoisotopic (exact) mass is 456 g/mol. The summed E-state index contributed by atoms with van der Waals surface area (Å²) in [5.74, 6) is -1.88.